The first-order valence-electron chi connectivity index (χ1n) is 21.2. The molecule has 302 valence electrons. The molecular formula is C42H81NO8. The van der Waals surface area contributed by atoms with E-state index in [9.17, 15) is 19.5 Å². The predicted octanol–water partition coefficient (Wildman–Crippen LogP) is 9.22. The number of likely N-dealkylation sites (N-methyl/N-ethyl adjacent to an activating group) is 1. The maximum absolute atomic E-state index is 12.7. The molecule has 0 saturated carbocycles. The molecule has 0 aromatic rings. The fraction of sp³-hybridized carbons (Fsp3) is 0.929. The lowest BCUT2D eigenvalue weighted by Crippen LogP contribution is -2.44. The molecule has 0 amide bonds. The second-order valence-electron chi connectivity index (χ2n) is 15.6. The van der Waals surface area contributed by atoms with Gasteiger partial charge in [0.15, 0.2) is 12.4 Å². The maximum atomic E-state index is 12.7. The molecule has 0 fully saturated rings. The number of carboxylic acid groups (broad SMARTS) is 1. The van der Waals surface area contributed by atoms with Crippen molar-refractivity contribution in [3.05, 3.63) is 0 Å². The Bertz CT molecular complexity index is 815. The molecule has 0 rings (SSSR count). The minimum absolute atomic E-state index is 0.153. The number of esters is 2. The van der Waals surface area contributed by atoms with Gasteiger partial charge in [-0.2, -0.15) is 0 Å². The Morgan fingerprint density at radius 2 is 0.882 bits per heavy atom. The Morgan fingerprint density at radius 1 is 0.510 bits per heavy atom. The molecule has 1 unspecified atom stereocenters. The monoisotopic (exact) mass is 728 g/mol. The smallest absolute Gasteiger partial charge is 0.306 e. The van der Waals surface area contributed by atoms with Crippen LogP contribution in [0.5, 0.6) is 0 Å². The molecule has 2 atom stereocenters. The van der Waals surface area contributed by atoms with E-state index in [1.807, 2.05) is 21.1 Å². The Kier molecular flexibility index (Phi) is 34.1. The van der Waals surface area contributed by atoms with Gasteiger partial charge in [0.05, 0.1) is 40.3 Å². The number of ether oxygens (including phenoxy) is 4. The van der Waals surface area contributed by atoms with E-state index in [1.54, 1.807) is 0 Å². The van der Waals surface area contributed by atoms with Gasteiger partial charge in [-0.1, -0.05) is 168 Å². The Hall–Kier alpha value is -1.71. The van der Waals surface area contributed by atoms with Gasteiger partial charge < -0.3 is 33.3 Å². The van der Waals surface area contributed by atoms with E-state index < -0.39 is 24.3 Å². The average molecular weight is 728 g/mol. The first kappa shape index (κ1) is 49.3. The summed E-state index contributed by atoms with van der Waals surface area (Å²) in [7, 11) is 5.91. The molecule has 0 spiro atoms. The molecule has 0 bridgehead atoms. The molecule has 0 saturated heterocycles. The Morgan fingerprint density at radius 3 is 1.25 bits per heavy atom. The molecule has 51 heavy (non-hydrogen) atoms. The van der Waals surface area contributed by atoms with Gasteiger partial charge in [0, 0.05) is 12.8 Å². The number of unbranched alkanes of at least 4 members (excludes halogenated alkanes) is 24. The first-order valence-corrected chi connectivity index (χ1v) is 21.2. The van der Waals surface area contributed by atoms with Gasteiger partial charge >= 0.3 is 11.9 Å². The van der Waals surface area contributed by atoms with E-state index in [4.69, 9.17) is 18.9 Å². The highest BCUT2D eigenvalue weighted by atomic mass is 16.7. The second kappa shape index (κ2) is 35.3. The first-order chi connectivity index (χ1) is 24.6. The van der Waals surface area contributed by atoms with Crippen molar-refractivity contribution in [2.75, 3.05) is 47.5 Å². The minimum Gasteiger partial charge on any atom is -0.545 e. The van der Waals surface area contributed by atoms with Crippen molar-refractivity contribution in [3.63, 3.8) is 0 Å². The van der Waals surface area contributed by atoms with Crippen LogP contribution in [-0.2, 0) is 33.3 Å². The lowest BCUT2D eigenvalue weighted by Gasteiger charge is -2.26. The van der Waals surface area contributed by atoms with Crippen molar-refractivity contribution >= 4 is 17.9 Å². The van der Waals surface area contributed by atoms with Crippen LogP contribution in [0.4, 0.5) is 0 Å². The van der Waals surface area contributed by atoms with Crippen LogP contribution in [0.1, 0.15) is 194 Å². The summed E-state index contributed by atoms with van der Waals surface area (Å²) in [5.41, 5.74) is 0. The highest BCUT2D eigenvalue weighted by Gasteiger charge is 2.21. The molecule has 0 aliphatic carbocycles. The summed E-state index contributed by atoms with van der Waals surface area (Å²) in [5.74, 6) is -2.27. The van der Waals surface area contributed by atoms with Crippen molar-refractivity contribution in [1.82, 2.24) is 0 Å². The van der Waals surface area contributed by atoms with Gasteiger partial charge in [0.2, 0.25) is 0 Å². The van der Waals surface area contributed by atoms with Crippen molar-refractivity contribution in [3.8, 4) is 0 Å². The van der Waals surface area contributed by atoms with Crippen LogP contribution in [0, 0.1) is 0 Å². The molecule has 0 heterocycles. The van der Waals surface area contributed by atoms with Crippen molar-refractivity contribution in [1.29, 1.82) is 0 Å². The highest BCUT2D eigenvalue weighted by Crippen LogP contribution is 2.15. The third kappa shape index (κ3) is 36.4. The zero-order valence-electron chi connectivity index (χ0n) is 34.0. The topological polar surface area (TPSA) is 111 Å². The van der Waals surface area contributed by atoms with Crippen LogP contribution >= 0.6 is 0 Å². The van der Waals surface area contributed by atoms with Crippen LogP contribution < -0.4 is 5.11 Å². The quantitative estimate of drug-likeness (QED) is 0.0267. The molecule has 0 aromatic heterocycles. The summed E-state index contributed by atoms with van der Waals surface area (Å²) in [5, 5.41) is 11.6. The van der Waals surface area contributed by atoms with Crippen LogP contribution in [-0.4, -0.2) is 82.3 Å². The number of carboxylic acids is 1. The van der Waals surface area contributed by atoms with Crippen LogP contribution in [0.2, 0.25) is 0 Å². The summed E-state index contributed by atoms with van der Waals surface area (Å²) in [4.78, 5) is 36.8. The summed E-state index contributed by atoms with van der Waals surface area (Å²) in [6.07, 6.45) is 29.8. The van der Waals surface area contributed by atoms with E-state index >= 15 is 0 Å². The van der Waals surface area contributed by atoms with Gasteiger partial charge in [0.25, 0.3) is 0 Å². The molecule has 9 nitrogen and oxygen atoms in total. The maximum Gasteiger partial charge on any atom is 0.306 e. The summed E-state index contributed by atoms with van der Waals surface area (Å²) in [6, 6.07) is 0. The zero-order chi connectivity index (χ0) is 37.8. The average Bonchev–Trinajstić information content (AvgIpc) is 3.08. The normalized spacial score (nSPS) is 12.9. The molecule has 0 aliphatic heterocycles. The number of rotatable bonds is 39. The fourth-order valence-corrected chi connectivity index (χ4v) is 6.01. The number of carbonyl (C=O) groups is 3. The third-order valence-electron chi connectivity index (χ3n) is 9.35. The van der Waals surface area contributed by atoms with Crippen LogP contribution in [0.15, 0.2) is 0 Å². The van der Waals surface area contributed by atoms with E-state index in [1.165, 1.54) is 128 Å². The number of quaternary nitrogens is 1. The fourth-order valence-electron chi connectivity index (χ4n) is 6.01. The van der Waals surface area contributed by atoms with Crippen molar-refractivity contribution in [2.24, 2.45) is 0 Å². The molecule has 0 aromatic carbocycles. The van der Waals surface area contributed by atoms with E-state index in [0.29, 0.717) is 17.4 Å². The molecular weight excluding hydrogens is 646 g/mol. The van der Waals surface area contributed by atoms with Gasteiger partial charge in [-0.15, -0.1) is 0 Å². The van der Waals surface area contributed by atoms with Gasteiger partial charge in [-0.3, -0.25) is 9.59 Å². The zero-order valence-corrected chi connectivity index (χ0v) is 34.0. The van der Waals surface area contributed by atoms with Crippen molar-refractivity contribution in [2.45, 2.75) is 206 Å². The molecule has 0 N–H and O–H groups in total. The highest BCUT2D eigenvalue weighted by molar-refractivity contribution is 5.70. The SMILES string of the molecule is CCCCCCCCCCCCCCCC(=O)OC[C@H](COC(OCC[N+](C)(C)C)C(=O)[O-])OC(=O)CCCCCCCCCCCCCCC. The van der Waals surface area contributed by atoms with E-state index in [0.717, 1.165) is 38.5 Å². The molecule has 0 radical (unpaired) electrons. The third-order valence-corrected chi connectivity index (χ3v) is 9.35. The number of nitrogens with zero attached hydrogens (tertiary/aromatic N) is 1. The minimum atomic E-state index is -1.61. The number of carbonyl (C=O) groups excluding carboxylic acids is 3. The van der Waals surface area contributed by atoms with Gasteiger partial charge in [-0.05, 0) is 12.8 Å². The number of hydrogen-bond acceptors (Lipinski definition) is 8. The lowest BCUT2D eigenvalue weighted by atomic mass is 10.0. The number of hydrogen-bond donors (Lipinski definition) is 0. The summed E-state index contributed by atoms with van der Waals surface area (Å²) < 4.78 is 22.5. The van der Waals surface area contributed by atoms with Crippen LogP contribution in [0.3, 0.4) is 0 Å². The van der Waals surface area contributed by atoms with E-state index in [-0.39, 0.29) is 32.2 Å². The number of aliphatic carboxylic acids is 1. The van der Waals surface area contributed by atoms with Crippen LogP contribution in [0.25, 0.3) is 0 Å². The summed E-state index contributed by atoms with van der Waals surface area (Å²) in [6.45, 7) is 4.75. The molecule has 9 heteroatoms. The lowest BCUT2D eigenvalue weighted by molar-refractivity contribution is -0.870. The predicted molar refractivity (Wildman–Crippen MR) is 205 cm³/mol. The van der Waals surface area contributed by atoms with Crippen molar-refractivity contribution < 1.29 is 42.9 Å². The second-order valence-corrected chi connectivity index (χ2v) is 15.6. The Balaban J connectivity index is 4.45. The van der Waals surface area contributed by atoms with Gasteiger partial charge in [0.1, 0.15) is 13.2 Å². The largest absolute Gasteiger partial charge is 0.545 e. The Labute approximate surface area is 313 Å². The summed E-state index contributed by atoms with van der Waals surface area (Å²) >= 11 is 0. The molecule has 0 aliphatic rings. The standard InChI is InChI=1S/C42H81NO8/c1-6-8-10-12-14-16-18-20-22-24-26-28-30-32-39(44)49-36-38(37-50-42(41(46)47)48-35-34-43(3,4)5)51-40(45)33-31-29-27-25-23-21-19-17-15-13-11-9-7-2/h38,42H,6-37H2,1-5H3/t38-,42?/m1/s1. The van der Waals surface area contributed by atoms with Gasteiger partial charge in [-0.25, -0.2) is 0 Å². The van der Waals surface area contributed by atoms with E-state index in [2.05, 4.69) is 13.8 Å².